The Bertz CT molecular complexity index is 86.0. The van der Waals surface area contributed by atoms with E-state index in [2.05, 4.69) is 0 Å². The van der Waals surface area contributed by atoms with Crippen LogP contribution in [0.25, 0.3) is 0 Å². The largest absolute Gasteiger partial charge is 0.395 e. The Hall–Kier alpha value is 1.24. The number of hydrogen-bond donors (Lipinski definition) is 4. The molecule has 0 unspecified atom stereocenters. The Morgan fingerprint density at radius 2 is 0.625 bits per heavy atom. The highest BCUT2D eigenvalue weighted by atomic mass is 33.1. The molecule has 0 aliphatic heterocycles. The van der Waals surface area contributed by atoms with Crippen LogP contribution in [-0.2, 0) is 0 Å². The SMILES string of the molecule is OCCSSCCO.OCCSSCCO. The first-order valence-corrected chi connectivity index (χ1v) is 9.73. The van der Waals surface area contributed by atoms with E-state index in [1.165, 1.54) is 0 Å². The summed E-state index contributed by atoms with van der Waals surface area (Å²) in [6.45, 7) is 0.901. The fraction of sp³-hybridized carbons (Fsp3) is 1.00. The maximum absolute atomic E-state index is 8.27. The first-order valence-electron chi connectivity index (χ1n) is 4.75. The van der Waals surface area contributed by atoms with E-state index in [0.29, 0.717) is 0 Å². The average Bonchev–Trinajstić information content (AvgIpc) is 2.31. The molecule has 0 heterocycles. The van der Waals surface area contributed by atoms with Gasteiger partial charge in [-0.05, 0) is 0 Å². The molecule has 0 rings (SSSR count). The van der Waals surface area contributed by atoms with Crippen molar-refractivity contribution in [3.63, 3.8) is 0 Å². The van der Waals surface area contributed by atoms with E-state index in [1.807, 2.05) is 0 Å². The zero-order valence-electron chi connectivity index (χ0n) is 9.08. The van der Waals surface area contributed by atoms with Crippen molar-refractivity contribution in [2.24, 2.45) is 0 Å². The van der Waals surface area contributed by atoms with Crippen LogP contribution in [0.15, 0.2) is 0 Å². The topological polar surface area (TPSA) is 80.9 Å². The quantitative estimate of drug-likeness (QED) is 0.347. The smallest absolute Gasteiger partial charge is 0.0530 e. The zero-order valence-corrected chi connectivity index (χ0v) is 12.3. The molecule has 4 nitrogen and oxygen atoms in total. The van der Waals surface area contributed by atoms with Gasteiger partial charge < -0.3 is 20.4 Å². The molecule has 0 fully saturated rings. The second kappa shape index (κ2) is 21.5. The number of rotatable bonds is 10. The molecule has 8 heteroatoms. The van der Waals surface area contributed by atoms with Gasteiger partial charge in [-0.25, -0.2) is 0 Å². The molecule has 100 valence electrons. The van der Waals surface area contributed by atoms with Gasteiger partial charge >= 0.3 is 0 Å². The molecule has 0 aliphatic carbocycles. The van der Waals surface area contributed by atoms with Crippen LogP contribution in [0.4, 0.5) is 0 Å². The standard InChI is InChI=1S/2C4H10O2S2/c2*5-1-3-7-8-4-2-6/h2*5-6H,1-4H2. The van der Waals surface area contributed by atoms with Crippen molar-refractivity contribution in [1.82, 2.24) is 0 Å². The Morgan fingerprint density at radius 3 is 0.750 bits per heavy atom. The third-order valence-electron chi connectivity index (χ3n) is 0.865. The van der Waals surface area contributed by atoms with E-state index < -0.39 is 0 Å². The molecule has 16 heavy (non-hydrogen) atoms. The number of hydrogen-bond acceptors (Lipinski definition) is 8. The normalized spacial score (nSPS) is 9.75. The Morgan fingerprint density at radius 1 is 0.438 bits per heavy atom. The van der Waals surface area contributed by atoms with Gasteiger partial charge in [0.2, 0.25) is 0 Å². The molecule has 0 atom stereocenters. The van der Waals surface area contributed by atoms with E-state index in [9.17, 15) is 0 Å². The summed E-state index contributed by atoms with van der Waals surface area (Å²) in [5.74, 6) is 3.02. The molecule has 4 N–H and O–H groups in total. The third kappa shape index (κ3) is 24.5. The highest BCUT2D eigenvalue weighted by Crippen LogP contribution is 2.19. The molecule has 0 aromatic heterocycles. The second-order valence-corrected chi connectivity index (χ2v) is 7.59. The van der Waals surface area contributed by atoms with Crippen LogP contribution in [0.1, 0.15) is 0 Å². The first-order chi connectivity index (χ1) is 7.83. The lowest BCUT2D eigenvalue weighted by Gasteiger charge is -1.93. The van der Waals surface area contributed by atoms with Gasteiger partial charge in [-0.3, -0.25) is 0 Å². The molecule has 0 amide bonds. The van der Waals surface area contributed by atoms with Crippen LogP contribution in [0, 0.1) is 0 Å². The van der Waals surface area contributed by atoms with Crippen molar-refractivity contribution in [1.29, 1.82) is 0 Å². The van der Waals surface area contributed by atoms with Gasteiger partial charge in [0, 0.05) is 23.0 Å². The monoisotopic (exact) mass is 308 g/mol. The fourth-order valence-electron chi connectivity index (χ4n) is 0.385. The maximum Gasteiger partial charge on any atom is 0.0530 e. The Balaban J connectivity index is 0. The van der Waals surface area contributed by atoms with E-state index >= 15 is 0 Å². The van der Waals surface area contributed by atoms with Crippen LogP contribution >= 0.6 is 43.2 Å². The number of aliphatic hydroxyl groups excluding tert-OH is 4. The molecule has 0 radical (unpaired) electrons. The predicted octanol–water partition coefficient (Wildman–Crippen LogP) is 0.705. The summed E-state index contributed by atoms with van der Waals surface area (Å²) in [6, 6.07) is 0. The predicted molar refractivity (Wildman–Crippen MR) is 78.2 cm³/mol. The lowest BCUT2D eigenvalue weighted by Crippen LogP contribution is -1.85. The first kappa shape index (κ1) is 19.6. The summed E-state index contributed by atoms with van der Waals surface area (Å²) in [5.41, 5.74) is 0. The number of aliphatic hydroxyl groups is 4. The maximum atomic E-state index is 8.27. The van der Waals surface area contributed by atoms with Crippen molar-refractivity contribution in [2.45, 2.75) is 0 Å². The summed E-state index contributed by atoms with van der Waals surface area (Å²) in [7, 11) is 6.34. The fourth-order valence-corrected chi connectivity index (χ4v) is 3.46. The molecular weight excluding hydrogens is 288 g/mol. The highest BCUT2D eigenvalue weighted by molar-refractivity contribution is 8.77. The second-order valence-electron chi connectivity index (χ2n) is 2.18. The molecular formula is C8H20O4S4. The molecule has 0 aliphatic rings. The third-order valence-corrected chi connectivity index (χ3v) is 5.60. The van der Waals surface area contributed by atoms with Crippen LogP contribution in [0.2, 0.25) is 0 Å². The Labute approximate surface area is 113 Å². The molecule has 0 saturated carbocycles. The summed E-state index contributed by atoms with van der Waals surface area (Å²) < 4.78 is 0. The van der Waals surface area contributed by atoms with Crippen molar-refractivity contribution in [3.05, 3.63) is 0 Å². The average molecular weight is 309 g/mol. The summed E-state index contributed by atoms with van der Waals surface area (Å²) in [5, 5.41) is 33.1. The summed E-state index contributed by atoms with van der Waals surface area (Å²) in [6.07, 6.45) is 0. The van der Waals surface area contributed by atoms with E-state index in [-0.39, 0.29) is 26.4 Å². The van der Waals surface area contributed by atoms with Crippen molar-refractivity contribution in [2.75, 3.05) is 49.4 Å². The highest BCUT2D eigenvalue weighted by Gasteiger charge is 1.85. The minimum absolute atomic E-state index is 0.225. The lowest BCUT2D eigenvalue weighted by molar-refractivity contribution is 0.322. The van der Waals surface area contributed by atoms with E-state index in [1.54, 1.807) is 43.2 Å². The lowest BCUT2D eigenvalue weighted by atomic mass is 10.9. The van der Waals surface area contributed by atoms with E-state index in [4.69, 9.17) is 20.4 Å². The van der Waals surface area contributed by atoms with Crippen LogP contribution < -0.4 is 0 Å². The van der Waals surface area contributed by atoms with Gasteiger partial charge in [0.1, 0.15) is 0 Å². The van der Waals surface area contributed by atoms with Gasteiger partial charge in [-0.1, -0.05) is 43.2 Å². The molecule has 0 bridgehead atoms. The van der Waals surface area contributed by atoms with Crippen molar-refractivity contribution < 1.29 is 20.4 Å². The van der Waals surface area contributed by atoms with Gasteiger partial charge in [-0.15, -0.1) is 0 Å². The van der Waals surface area contributed by atoms with Crippen LogP contribution in [0.5, 0.6) is 0 Å². The molecule has 0 aromatic carbocycles. The van der Waals surface area contributed by atoms with Crippen LogP contribution in [0.3, 0.4) is 0 Å². The zero-order chi connectivity index (χ0) is 12.5. The van der Waals surface area contributed by atoms with Crippen LogP contribution in [-0.4, -0.2) is 69.9 Å². The summed E-state index contributed by atoms with van der Waals surface area (Å²) >= 11 is 0. The Kier molecular flexibility index (Phi) is 26.3. The molecule has 0 saturated heterocycles. The molecule has 0 aromatic rings. The van der Waals surface area contributed by atoms with Crippen molar-refractivity contribution in [3.8, 4) is 0 Å². The van der Waals surface area contributed by atoms with E-state index in [0.717, 1.165) is 23.0 Å². The molecule has 0 spiro atoms. The van der Waals surface area contributed by atoms with Gasteiger partial charge in [0.25, 0.3) is 0 Å². The minimum Gasteiger partial charge on any atom is -0.395 e. The van der Waals surface area contributed by atoms with Gasteiger partial charge in [0.15, 0.2) is 0 Å². The summed E-state index contributed by atoms with van der Waals surface area (Å²) in [4.78, 5) is 0. The van der Waals surface area contributed by atoms with Gasteiger partial charge in [-0.2, -0.15) is 0 Å². The van der Waals surface area contributed by atoms with Gasteiger partial charge in [0.05, 0.1) is 26.4 Å². The van der Waals surface area contributed by atoms with Crippen molar-refractivity contribution >= 4 is 43.2 Å². The minimum atomic E-state index is 0.225.